The second-order valence-corrected chi connectivity index (χ2v) is 6.45. The number of carbonyl (C=O) groups is 1. The predicted molar refractivity (Wildman–Crippen MR) is 102 cm³/mol. The lowest BCUT2D eigenvalue weighted by Gasteiger charge is -2.15. The maximum atomic E-state index is 12.6. The minimum Gasteiger partial charge on any atom is -0.342 e. The number of aryl methyl sites for hydroxylation is 2. The Kier molecular flexibility index (Phi) is 4.70. The molecule has 0 aliphatic heterocycles. The van der Waals surface area contributed by atoms with Crippen molar-refractivity contribution in [2.75, 3.05) is 13.6 Å². The lowest BCUT2D eigenvalue weighted by Crippen LogP contribution is -2.28. The van der Waals surface area contributed by atoms with E-state index in [1.807, 2.05) is 29.7 Å². The summed E-state index contributed by atoms with van der Waals surface area (Å²) in [6.07, 6.45) is 4.08. The van der Waals surface area contributed by atoms with Crippen molar-refractivity contribution in [3.05, 3.63) is 72.1 Å². The van der Waals surface area contributed by atoms with Crippen molar-refractivity contribution in [2.45, 2.75) is 20.3 Å². The van der Waals surface area contributed by atoms with Crippen molar-refractivity contribution < 1.29 is 4.79 Å². The normalized spacial score (nSPS) is 10.8. The quantitative estimate of drug-likeness (QED) is 0.666. The highest BCUT2D eigenvalue weighted by atomic mass is 16.2. The Morgan fingerprint density at radius 1 is 1.16 bits per heavy atom. The average molecular weight is 333 g/mol. The van der Waals surface area contributed by atoms with E-state index in [0.717, 1.165) is 28.2 Å². The fourth-order valence-electron chi connectivity index (χ4n) is 2.88. The summed E-state index contributed by atoms with van der Waals surface area (Å²) < 4.78 is 2.03. The Balaban J connectivity index is 2.11. The zero-order valence-electron chi connectivity index (χ0n) is 15.0. The van der Waals surface area contributed by atoms with Crippen LogP contribution in [0.5, 0.6) is 0 Å². The van der Waals surface area contributed by atoms with Gasteiger partial charge >= 0.3 is 0 Å². The monoisotopic (exact) mass is 333 g/mol. The second kappa shape index (κ2) is 6.93. The third-order valence-corrected chi connectivity index (χ3v) is 4.34. The number of benzene rings is 1. The summed E-state index contributed by atoms with van der Waals surface area (Å²) in [5.41, 5.74) is 6.01. The molecule has 0 bridgehead atoms. The second-order valence-electron chi connectivity index (χ2n) is 6.45. The van der Waals surface area contributed by atoms with Gasteiger partial charge in [0.1, 0.15) is 5.65 Å². The first-order valence-corrected chi connectivity index (χ1v) is 8.39. The summed E-state index contributed by atoms with van der Waals surface area (Å²) in [7, 11) is 1.80. The van der Waals surface area contributed by atoms with Gasteiger partial charge in [0.2, 0.25) is 5.91 Å². The molecule has 0 aliphatic carbocycles. The van der Waals surface area contributed by atoms with E-state index in [9.17, 15) is 4.79 Å². The van der Waals surface area contributed by atoms with E-state index in [4.69, 9.17) is 4.98 Å². The topological polar surface area (TPSA) is 37.6 Å². The molecule has 2 aromatic heterocycles. The first-order valence-electron chi connectivity index (χ1n) is 8.39. The minimum absolute atomic E-state index is 0.0524. The first-order chi connectivity index (χ1) is 12.0. The summed E-state index contributed by atoms with van der Waals surface area (Å²) in [5.74, 6) is 0.0524. The number of carbonyl (C=O) groups excluding carboxylic acids is 1. The molecular weight excluding hydrogens is 310 g/mol. The third-order valence-electron chi connectivity index (χ3n) is 4.34. The van der Waals surface area contributed by atoms with Crippen LogP contribution in [0, 0.1) is 13.8 Å². The highest BCUT2D eigenvalue weighted by molar-refractivity contribution is 5.81. The van der Waals surface area contributed by atoms with Crippen LogP contribution in [-0.4, -0.2) is 33.8 Å². The van der Waals surface area contributed by atoms with E-state index in [1.54, 1.807) is 18.0 Å². The summed E-state index contributed by atoms with van der Waals surface area (Å²) >= 11 is 0. The molecule has 3 rings (SSSR count). The number of rotatable bonds is 5. The van der Waals surface area contributed by atoms with Crippen molar-refractivity contribution >= 4 is 11.6 Å². The minimum atomic E-state index is 0.0524. The van der Waals surface area contributed by atoms with Gasteiger partial charge in [0.15, 0.2) is 0 Å². The molecule has 0 N–H and O–H groups in total. The van der Waals surface area contributed by atoms with Crippen LogP contribution < -0.4 is 0 Å². The zero-order chi connectivity index (χ0) is 18.0. The summed E-state index contributed by atoms with van der Waals surface area (Å²) in [5, 5.41) is 0. The Hall–Kier alpha value is -2.88. The maximum Gasteiger partial charge on any atom is 0.228 e. The molecule has 0 atom stereocenters. The van der Waals surface area contributed by atoms with Gasteiger partial charge in [-0.3, -0.25) is 4.79 Å². The van der Waals surface area contributed by atoms with E-state index in [2.05, 4.69) is 37.8 Å². The van der Waals surface area contributed by atoms with Gasteiger partial charge in [0.25, 0.3) is 0 Å². The Bertz CT molecular complexity index is 922. The number of likely N-dealkylation sites (N-methyl/N-ethyl adjacent to an activating group) is 1. The Labute approximate surface area is 148 Å². The average Bonchev–Trinajstić information content (AvgIpc) is 2.93. The Morgan fingerprint density at radius 2 is 1.84 bits per heavy atom. The van der Waals surface area contributed by atoms with E-state index in [-0.39, 0.29) is 5.91 Å². The Morgan fingerprint density at radius 3 is 2.52 bits per heavy atom. The molecule has 4 nitrogen and oxygen atoms in total. The van der Waals surface area contributed by atoms with Crippen molar-refractivity contribution in [3.8, 4) is 11.3 Å². The third kappa shape index (κ3) is 3.48. The molecule has 1 aromatic carbocycles. The molecule has 4 heteroatoms. The smallest absolute Gasteiger partial charge is 0.228 e. The molecule has 0 saturated carbocycles. The largest absolute Gasteiger partial charge is 0.342 e. The van der Waals surface area contributed by atoms with Crippen LogP contribution in [0.4, 0.5) is 0 Å². The van der Waals surface area contributed by atoms with Gasteiger partial charge in [-0.2, -0.15) is 0 Å². The molecule has 0 spiro atoms. The van der Waals surface area contributed by atoms with E-state index in [0.29, 0.717) is 13.0 Å². The summed E-state index contributed by atoms with van der Waals surface area (Å²) in [4.78, 5) is 19.1. The van der Waals surface area contributed by atoms with Crippen molar-refractivity contribution in [3.63, 3.8) is 0 Å². The molecule has 0 saturated heterocycles. The fourth-order valence-corrected chi connectivity index (χ4v) is 2.88. The van der Waals surface area contributed by atoms with Crippen molar-refractivity contribution in [1.29, 1.82) is 0 Å². The van der Waals surface area contributed by atoms with Gasteiger partial charge in [-0.25, -0.2) is 4.98 Å². The first kappa shape index (κ1) is 17.0. The van der Waals surface area contributed by atoms with Crippen LogP contribution in [-0.2, 0) is 11.2 Å². The molecule has 128 valence electrons. The maximum absolute atomic E-state index is 12.6. The van der Waals surface area contributed by atoms with Gasteiger partial charge < -0.3 is 9.30 Å². The van der Waals surface area contributed by atoms with E-state index >= 15 is 0 Å². The highest BCUT2D eigenvalue weighted by Gasteiger charge is 2.18. The van der Waals surface area contributed by atoms with E-state index in [1.165, 1.54) is 5.56 Å². The van der Waals surface area contributed by atoms with Crippen LogP contribution in [0.25, 0.3) is 16.9 Å². The highest BCUT2D eigenvalue weighted by Crippen LogP contribution is 2.26. The molecule has 0 fully saturated rings. The predicted octanol–water partition coefficient (Wildman–Crippen LogP) is 3.81. The number of fused-ring (bicyclic) bond motifs is 1. The lowest BCUT2D eigenvalue weighted by atomic mass is 10.1. The summed E-state index contributed by atoms with van der Waals surface area (Å²) in [6.45, 7) is 8.34. The van der Waals surface area contributed by atoms with Crippen LogP contribution in [0.1, 0.15) is 16.8 Å². The van der Waals surface area contributed by atoms with Crippen LogP contribution in [0.15, 0.2) is 55.3 Å². The molecule has 25 heavy (non-hydrogen) atoms. The van der Waals surface area contributed by atoms with E-state index < -0.39 is 0 Å². The van der Waals surface area contributed by atoms with Gasteiger partial charge in [0.05, 0.1) is 17.8 Å². The molecular formula is C21H23N3O. The standard InChI is InChI=1S/C21H23N3O/c1-5-12-23(4)20(25)13-18-21(17-9-6-15(2)7-10-17)22-19-11-8-16(3)14-24(18)19/h5-11,14H,1,12-13H2,2-4H3. The summed E-state index contributed by atoms with van der Waals surface area (Å²) in [6, 6.07) is 12.3. The van der Waals surface area contributed by atoms with Crippen LogP contribution >= 0.6 is 0 Å². The molecule has 1 amide bonds. The molecule has 2 heterocycles. The van der Waals surface area contributed by atoms with Crippen molar-refractivity contribution in [1.82, 2.24) is 14.3 Å². The SMILES string of the molecule is C=CCN(C)C(=O)Cc1c(-c2ccc(C)cc2)nc2ccc(C)cn12. The number of hydrogen-bond acceptors (Lipinski definition) is 2. The molecule has 3 aromatic rings. The molecule has 0 aliphatic rings. The van der Waals surface area contributed by atoms with Gasteiger partial charge in [0, 0.05) is 25.4 Å². The number of imidazole rings is 1. The number of amides is 1. The van der Waals surface area contributed by atoms with Gasteiger partial charge in [-0.1, -0.05) is 42.0 Å². The van der Waals surface area contributed by atoms with Crippen LogP contribution in [0.2, 0.25) is 0 Å². The van der Waals surface area contributed by atoms with Gasteiger partial charge in [-0.15, -0.1) is 6.58 Å². The number of pyridine rings is 1. The lowest BCUT2D eigenvalue weighted by molar-refractivity contribution is -0.128. The molecule has 0 unspecified atom stereocenters. The number of nitrogens with zero attached hydrogens (tertiary/aromatic N) is 3. The molecule has 0 radical (unpaired) electrons. The number of aromatic nitrogens is 2. The van der Waals surface area contributed by atoms with Crippen LogP contribution in [0.3, 0.4) is 0 Å². The number of hydrogen-bond donors (Lipinski definition) is 0. The zero-order valence-corrected chi connectivity index (χ0v) is 15.0. The van der Waals surface area contributed by atoms with Gasteiger partial charge in [-0.05, 0) is 25.5 Å². The fraction of sp³-hybridized carbons (Fsp3) is 0.238. The van der Waals surface area contributed by atoms with Crippen molar-refractivity contribution in [2.24, 2.45) is 0 Å².